The van der Waals surface area contributed by atoms with E-state index in [2.05, 4.69) is 10.3 Å². The number of nitrogens with one attached hydrogen (secondary N) is 1. The van der Waals surface area contributed by atoms with Crippen LogP contribution < -0.4 is 15.6 Å². The third kappa shape index (κ3) is 3.44. The number of aromatic carboxylic acids is 1. The van der Waals surface area contributed by atoms with Crippen molar-refractivity contribution in [3.63, 3.8) is 0 Å². The van der Waals surface area contributed by atoms with Crippen LogP contribution >= 0.6 is 0 Å². The van der Waals surface area contributed by atoms with E-state index in [-0.39, 0.29) is 17.2 Å². The second-order valence-electron chi connectivity index (χ2n) is 7.00. The summed E-state index contributed by atoms with van der Waals surface area (Å²) in [5, 5.41) is 12.6. The minimum Gasteiger partial charge on any atom is -0.477 e. The Hall–Kier alpha value is -3.33. The van der Waals surface area contributed by atoms with Crippen molar-refractivity contribution in [2.24, 2.45) is 0 Å². The summed E-state index contributed by atoms with van der Waals surface area (Å²) < 4.78 is 29.6. The van der Waals surface area contributed by atoms with E-state index in [9.17, 15) is 23.5 Å². The van der Waals surface area contributed by atoms with Gasteiger partial charge in [0.15, 0.2) is 0 Å². The van der Waals surface area contributed by atoms with E-state index >= 15 is 0 Å². The molecule has 1 aliphatic heterocycles. The fourth-order valence-electron chi connectivity index (χ4n) is 3.58. The zero-order valence-electron chi connectivity index (χ0n) is 15.5. The number of rotatable bonds is 3. The van der Waals surface area contributed by atoms with Gasteiger partial charge in [0.1, 0.15) is 23.0 Å². The van der Waals surface area contributed by atoms with Crippen LogP contribution in [-0.2, 0) is 0 Å². The van der Waals surface area contributed by atoms with E-state index in [1.807, 2.05) is 11.8 Å². The Balaban J connectivity index is 1.99. The van der Waals surface area contributed by atoms with E-state index < -0.39 is 28.6 Å². The average Bonchev–Trinajstić information content (AvgIpc) is 2.69. The number of piperazine rings is 1. The molecule has 1 aliphatic rings. The van der Waals surface area contributed by atoms with Crippen molar-refractivity contribution in [2.75, 3.05) is 24.5 Å². The van der Waals surface area contributed by atoms with Crippen LogP contribution in [0.25, 0.3) is 16.7 Å². The lowest BCUT2D eigenvalue weighted by Gasteiger charge is -2.34. The van der Waals surface area contributed by atoms with E-state index in [1.54, 1.807) is 0 Å². The van der Waals surface area contributed by atoms with Crippen molar-refractivity contribution < 1.29 is 18.7 Å². The second kappa shape index (κ2) is 7.25. The zero-order chi connectivity index (χ0) is 20.7. The molecule has 0 spiro atoms. The molecule has 0 amide bonds. The third-order valence-electron chi connectivity index (χ3n) is 4.97. The fourth-order valence-corrected chi connectivity index (χ4v) is 3.58. The van der Waals surface area contributed by atoms with Gasteiger partial charge in [-0.05, 0) is 31.2 Å². The largest absolute Gasteiger partial charge is 0.477 e. The van der Waals surface area contributed by atoms with Crippen molar-refractivity contribution >= 4 is 22.6 Å². The molecule has 3 aromatic rings. The molecule has 0 aliphatic carbocycles. The van der Waals surface area contributed by atoms with Crippen molar-refractivity contribution in [3.8, 4) is 5.82 Å². The molecular weight excluding hydrogens is 382 g/mol. The number of benzene rings is 1. The topological polar surface area (TPSA) is 87.5 Å². The molecule has 150 valence electrons. The summed E-state index contributed by atoms with van der Waals surface area (Å²) in [7, 11) is 0. The van der Waals surface area contributed by atoms with E-state index in [0.717, 1.165) is 18.5 Å². The molecule has 1 fully saturated rings. The number of hydrogen-bond acceptors (Lipinski definition) is 5. The van der Waals surface area contributed by atoms with Crippen LogP contribution in [0.5, 0.6) is 0 Å². The number of carboxylic acids is 1. The maximum atomic E-state index is 14.9. The maximum Gasteiger partial charge on any atom is 0.341 e. The summed E-state index contributed by atoms with van der Waals surface area (Å²) in [6.45, 7) is 3.83. The Morgan fingerprint density at radius 3 is 2.76 bits per heavy atom. The highest BCUT2D eigenvalue weighted by atomic mass is 19.1. The Bertz CT molecular complexity index is 1160. The van der Waals surface area contributed by atoms with Gasteiger partial charge in [0.2, 0.25) is 5.43 Å². The molecule has 0 saturated carbocycles. The number of pyridine rings is 2. The molecule has 9 heteroatoms. The summed E-state index contributed by atoms with van der Waals surface area (Å²) in [6.07, 6.45) is 2.12. The Morgan fingerprint density at radius 1 is 1.31 bits per heavy atom. The summed E-state index contributed by atoms with van der Waals surface area (Å²) in [6, 6.07) is 5.28. The Labute approximate surface area is 164 Å². The van der Waals surface area contributed by atoms with E-state index in [4.69, 9.17) is 0 Å². The van der Waals surface area contributed by atoms with Crippen molar-refractivity contribution in [1.82, 2.24) is 14.9 Å². The molecule has 1 atom stereocenters. The van der Waals surface area contributed by atoms with Crippen LogP contribution in [-0.4, -0.2) is 46.3 Å². The minimum atomic E-state index is -1.44. The zero-order valence-corrected chi connectivity index (χ0v) is 15.5. The van der Waals surface area contributed by atoms with Gasteiger partial charge < -0.3 is 19.9 Å². The first-order valence-corrected chi connectivity index (χ1v) is 9.07. The van der Waals surface area contributed by atoms with Gasteiger partial charge in [-0.25, -0.2) is 18.6 Å². The van der Waals surface area contributed by atoms with Gasteiger partial charge in [-0.1, -0.05) is 0 Å². The lowest BCUT2D eigenvalue weighted by atomic mass is 10.1. The molecule has 4 rings (SSSR count). The van der Waals surface area contributed by atoms with Gasteiger partial charge in [0.25, 0.3) is 0 Å². The molecule has 1 saturated heterocycles. The van der Waals surface area contributed by atoms with Crippen LogP contribution in [0.2, 0.25) is 0 Å². The van der Waals surface area contributed by atoms with Gasteiger partial charge in [-0.2, -0.15) is 0 Å². The van der Waals surface area contributed by atoms with Crippen molar-refractivity contribution in [3.05, 3.63) is 64.1 Å². The molecule has 0 radical (unpaired) electrons. The fraction of sp³-hybridized carbons (Fsp3) is 0.250. The van der Waals surface area contributed by atoms with Crippen LogP contribution in [0.1, 0.15) is 17.3 Å². The van der Waals surface area contributed by atoms with Crippen LogP contribution in [0.4, 0.5) is 14.5 Å². The predicted molar refractivity (Wildman–Crippen MR) is 104 cm³/mol. The standard InChI is InChI=1S/C20H18F2N4O3/c1-11-9-25(5-4-23-11)17-7-16-13(6-15(17)22)19(27)14(20(28)29)10-26(16)18-3-2-12(21)8-24-18/h2-3,6-8,10-11,23H,4-5,9H2,1H3,(H,28,29). The predicted octanol–water partition coefficient (Wildman–Crippen LogP) is 2.16. The quantitative estimate of drug-likeness (QED) is 0.701. The Kier molecular flexibility index (Phi) is 4.75. The molecule has 1 aromatic carbocycles. The third-order valence-corrected chi connectivity index (χ3v) is 4.97. The normalized spacial score (nSPS) is 16.9. The summed E-state index contributed by atoms with van der Waals surface area (Å²) in [4.78, 5) is 30.0. The smallest absolute Gasteiger partial charge is 0.341 e. The number of hydrogen-bond donors (Lipinski definition) is 2. The molecule has 1 unspecified atom stereocenters. The molecule has 29 heavy (non-hydrogen) atoms. The van der Waals surface area contributed by atoms with E-state index in [1.165, 1.54) is 22.8 Å². The maximum absolute atomic E-state index is 14.9. The SMILES string of the molecule is CC1CN(c2cc3c(cc2F)c(=O)c(C(=O)O)cn3-c2ccc(F)cn2)CCN1. The van der Waals surface area contributed by atoms with E-state index in [0.29, 0.717) is 30.8 Å². The van der Waals surface area contributed by atoms with Gasteiger partial charge >= 0.3 is 5.97 Å². The lowest BCUT2D eigenvalue weighted by Crippen LogP contribution is -2.49. The minimum absolute atomic E-state index is 0.0829. The molecular formula is C20H18F2N4O3. The number of carbonyl (C=O) groups is 1. The highest BCUT2D eigenvalue weighted by Crippen LogP contribution is 2.27. The number of anilines is 1. The number of fused-ring (bicyclic) bond motifs is 1. The van der Waals surface area contributed by atoms with Gasteiger partial charge in [0.05, 0.1) is 22.8 Å². The lowest BCUT2D eigenvalue weighted by molar-refractivity contribution is 0.0695. The first-order chi connectivity index (χ1) is 13.8. The molecule has 7 nitrogen and oxygen atoms in total. The first-order valence-electron chi connectivity index (χ1n) is 9.07. The van der Waals surface area contributed by atoms with Gasteiger partial charge in [0, 0.05) is 31.9 Å². The number of aromatic nitrogens is 2. The highest BCUT2D eigenvalue weighted by molar-refractivity contribution is 5.94. The van der Waals surface area contributed by atoms with Crippen molar-refractivity contribution in [1.29, 1.82) is 0 Å². The Morgan fingerprint density at radius 2 is 2.10 bits per heavy atom. The molecule has 2 N–H and O–H groups in total. The molecule has 0 bridgehead atoms. The van der Waals surface area contributed by atoms with Gasteiger partial charge in [-0.3, -0.25) is 4.79 Å². The van der Waals surface area contributed by atoms with Crippen LogP contribution in [0, 0.1) is 11.6 Å². The number of carboxylic acid groups (broad SMARTS) is 1. The second-order valence-corrected chi connectivity index (χ2v) is 7.00. The summed E-state index contributed by atoms with van der Waals surface area (Å²) in [5.74, 6) is -2.39. The molecule has 3 heterocycles. The van der Waals surface area contributed by atoms with Crippen molar-refractivity contribution in [2.45, 2.75) is 13.0 Å². The van der Waals surface area contributed by atoms with Crippen LogP contribution in [0.3, 0.4) is 0 Å². The summed E-state index contributed by atoms with van der Waals surface area (Å²) >= 11 is 0. The number of nitrogens with zero attached hydrogens (tertiary/aromatic N) is 3. The molecule has 2 aromatic heterocycles. The first kappa shape index (κ1) is 19.0. The summed E-state index contributed by atoms with van der Waals surface area (Å²) in [5.41, 5.74) is -0.706. The van der Waals surface area contributed by atoms with Crippen LogP contribution in [0.15, 0.2) is 41.5 Å². The van der Waals surface area contributed by atoms with Gasteiger partial charge in [-0.15, -0.1) is 0 Å². The highest BCUT2D eigenvalue weighted by Gasteiger charge is 2.22. The number of halogens is 2. The monoisotopic (exact) mass is 400 g/mol. The average molecular weight is 400 g/mol.